The van der Waals surface area contributed by atoms with Gasteiger partial charge in [-0.15, -0.1) is 0 Å². The molecule has 0 aromatic heterocycles. The van der Waals surface area contributed by atoms with Crippen LogP contribution < -0.4 is 5.32 Å². The van der Waals surface area contributed by atoms with Crippen molar-refractivity contribution in [2.24, 2.45) is 0 Å². The lowest BCUT2D eigenvalue weighted by atomic mass is 10.1. The molecule has 2 rings (SSSR count). The molecular weight excluding hydrogens is 264 g/mol. The van der Waals surface area contributed by atoms with E-state index in [1.54, 1.807) is 30.3 Å². The van der Waals surface area contributed by atoms with Gasteiger partial charge in [0, 0.05) is 16.8 Å². The molecule has 5 heteroatoms. The van der Waals surface area contributed by atoms with Crippen LogP contribution in [0.1, 0.15) is 18.5 Å². The quantitative estimate of drug-likeness (QED) is 0.664. The molecule has 0 saturated carbocycles. The van der Waals surface area contributed by atoms with Crippen molar-refractivity contribution in [1.82, 2.24) is 0 Å². The van der Waals surface area contributed by atoms with E-state index in [1.165, 1.54) is 6.07 Å². The van der Waals surface area contributed by atoms with Crippen LogP contribution in [0.2, 0.25) is 5.02 Å². The zero-order valence-corrected chi connectivity index (χ0v) is 11.1. The fourth-order valence-corrected chi connectivity index (χ4v) is 2.02. The maximum atomic E-state index is 11.0. The first-order valence-corrected chi connectivity index (χ1v) is 6.21. The van der Waals surface area contributed by atoms with E-state index in [0.717, 1.165) is 5.69 Å². The number of halogens is 1. The predicted molar refractivity (Wildman–Crippen MR) is 76.6 cm³/mol. The van der Waals surface area contributed by atoms with Crippen molar-refractivity contribution in [3.8, 4) is 0 Å². The van der Waals surface area contributed by atoms with Gasteiger partial charge in [-0.2, -0.15) is 0 Å². The minimum absolute atomic E-state index is 0.122. The largest absolute Gasteiger partial charge is 0.378 e. The van der Waals surface area contributed by atoms with Crippen LogP contribution in [0.4, 0.5) is 11.4 Å². The van der Waals surface area contributed by atoms with Crippen LogP contribution in [0.15, 0.2) is 48.5 Å². The van der Waals surface area contributed by atoms with E-state index in [0.29, 0.717) is 10.6 Å². The normalized spacial score (nSPS) is 11.9. The van der Waals surface area contributed by atoms with Crippen LogP contribution in [-0.2, 0) is 0 Å². The van der Waals surface area contributed by atoms with Gasteiger partial charge in [-0.1, -0.05) is 29.8 Å². The van der Waals surface area contributed by atoms with Crippen molar-refractivity contribution >= 4 is 23.0 Å². The number of nitrogens with one attached hydrogen (secondary N) is 1. The summed E-state index contributed by atoms with van der Waals surface area (Å²) in [6, 6.07) is 13.8. The molecule has 0 aliphatic carbocycles. The Bertz CT molecular complexity index is 584. The number of para-hydroxylation sites is 1. The first-order valence-electron chi connectivity index (χ1n) is 5.83. The van der Waals surface area contributed by atoms with Crippen molar-refractivity contribution in [3.05, 3.63) is 69.2 Å². The molecule has 0 amide bonds. The number of nitrogens with zero attached hydrogens (tertiary/aromatic N) is 1. The maximum absolute atomic E-state index is 11.0. The van der Waals surface area contributed by atoms with E-state index in [9.17, 15) is 10.1 Å². The van der Waals surface area contributed by atoms with Crippen LogP contribution in [0.5, 0.6) is 0 Å². The first-order chi connectivity index (χ1) is 9.08. The molecule has 0 aliphatic rings. The average Bonchev–Trinajstić information content (AvgIpc) is 2.41. The highest BCUT2D eigenvalue weighted by Gasteiger charge is 2.17. The van der Waals surface area contributed by atoms with E-state index in [1.807, 2.05) is 19.1 Å². The Morgan fingerprint density at radius 2 is 1.79 bits per heavy atom. The van der Waals surface area contributed by atoms with Crippen molar-refractivity contribution in [3.63, 3.8) is 0 Å². The van der Waals surface area contributed by atoms with Gasteiger partial charge in [0.1, 0.15) is 0 Å². The highest BCUT2D eigenvalue weighted by molar-refractivity contribution is 6.30. The van der Waals surface area contributed by atoms with Crippen molar-refractivity contribution in [2.75, 3.05) is 5.32 Å². The lowest BCUT2D eigenvalue weighted by Crippen LogP contribution is -2.08. The maximum Gasteiger partial charge on any atom is 0.274 e. The Morgan fingerprint density at radius 3 is 2.42 bits per heavy atom. The van der Waals surface area contributed by atoms with Gasteiger partial charge in [0.15, 0.2) is 0 Å². The van der Waals surface area contributed by atoms with Crippen molar-refractivity contribution in [1.29, 1.82) is 0 Å². The standard InChI is InChI=1S/C14H13ClN2O2/c1-10(16-12-8-6-11(15)7-9-12)13-4-2-3-5-14(13)17(18)19/h2-10,16H,1H3. The van der Waals surface area contributed by atoms with Crippen LogP contribution >= 0.6 is 11.6 Å². The molecule has 1 unspecified atom stereocenters. The minimum atomic E-state index is -0.366. The molecule has 0 heterocycles. The van der Waals surface area contributed by atoms with Gasteiger partial charge in [0.05, 0.1) is 16.5 Å². The molecule has 0 saturated heterocycles. The summed E-state index contributed by atoms with van der Waals surface area (Å²) in [6.45, 7) is 1.89. The summed E-state index contributed by atoms with van der Waals surface area (Å²) in [7, 11) is 0. The third kappa shape index (κ3) is 3.23. The molecule has 0 spiro atoms. The SMILES string of the molecule is CC(Nc1ccc(Cl)cc1)c1ccccc1[N+](=O)[O-]. The topological polar surface area (TPSA) is 55.2 Å². The van der Waals surface area contributed by atoms with Gasteiger partial charge in [-0.05, 0) is 31.2 Å². The number of nitro groups is 1. The summed E-state index contributed by atoms with van der Waals surface area (Å²) in [5.74, 6) is 0. The van der Waals surface area contributed by atoms with E-state index >= 15 is 0 Å². The van der Waals surface area contributed by atoms with E-state index < -0.39 is 0 Å². The number of hydrogen-bond acceptors (Lipinski definition) is 3. The predicted octanol–water partition coefficient (Wildman–Crippen LogP) is 4.42. The Morgan fingerprint density at radius 1 is 1.16 bits per heavy atom. The molecule has 98 valence electrons. The third-order valence-corrected chi connectivity index (χ3v) is 3.08. The second kappa shape index (κ2) is 5.71. The molecule has 1 atom stereocenters. The van der Waals surface area contributed by atoms with Crippen LogP contribution in [0.3, 0.4) is 0 Å². The molecule has 2 aromatic rings. The van der Waals surface area contributed by atoms with Gasteiger partial charge in [-0.3, -0.25) is 10.1 Å². The zero-order valence-electron chi connectivity index (χ0n) is 10.3. The second-order valence-corrected chi connectivity index (χ2v) is 4.63. The average molecular weight is 277 g/mol. The summed E-state index contributed by atoms with van der Waals surface area (Å²) in [4.78, 5) is 10.6. The van der Waals surface area contributed by atoms with Gasteiger partial charge >= 0.3 is 0 Å². The molecule has 0 radical (unpaired) electrons. The number of benzene rings is 2. The van der Waals surface area contributed by atoms with Crippen LogP contribution in [0.25, 0.3) is 0 Å². The number of nitro benzene ring substituents is 1. The Labute approximate surface area is 116 Å². The minimum Gasteiger partial charge on any atom is -0.378 e. The number of hydrogen-bond donors (Lipinski definition) is 1. The lowest BCUT2D eigenvalue weighted by molar-refractivity contribution is -0.385. The van der Waals surface area contributed by atoms with Crippen LogP contribution in [0, 0.1) is 10.1 Å². The Hall–Kier alpha value is -2.07. The monoisotopic (exact) mass is 276 g/mol. The lowest BCUT2D eigenvalue weighted by Gasteiger charge is -2.15. The van der Waals surface area contributed by atoms with Gasteiger partial charge in [-0.25, -0.2) is 0 Å². The fraction of sp³-hybridized carbons (Fsp3) is 0.143. The third-order valence-electron chi connectivity index (χ3n) is 2.83. The molecule has 2 aromatic carbocycles. The highest BCUT2D eigenvalue weighted by atomic mass is 35.5. The summed E-state index contributed by atoms with van der Waals surface area (Å²) in [5.41, 5.74) is 1.65. The summed E-state index contributed by atoms with van der Waals surface area (Å²) in [6.07, 6.45) is 0. The van der Waals surface area contributed by atoms with Gasteiger partial charge < -0.3 is 5.32 Å². The molecule has 0 aliphatic heterocycles. The summed E-state index contributed by atoms with van der Waals surface area (Å²) < 4.78 is 0. The molecular formula is C14H13ClN2O2. The second-order valence-electron chi connectivity index (χ2n) is 4.19. The number of rotatable bonds is 4. The summed E-state index contributed by atoms with van der Waals surface area (Å²) in [5, 5.41) is 14.9. The van der Waals surface area contributed by atoms with Crippen LogP contribution in [-0.4, -0.2) is 4.92 Å². The zero-order chi connectivity index (χ0) is 13.8. The molecule has 1 N–H and O–H groups in total. The van der Waals surface area contributed by atoms with E-state index in [-0.39, 0.29) is 16.7 Å². The van der Waals surface area contributed by atoms with Crippen molar-refractivity contribution < 1.29 is 4.92 Å². The van der Waals surface area contributed by atoms with Crippen molar-refractivity contribution in [2.45, 2.75) is 13.0 Å². The Balaban J connectivity index is 2.22. The highest BCUT2D eigenvalue weighted by Crippen LogP contribution is 2.27. The molecule has 4 nitrogen and oxygen atoms in total. The Kier molecular flexibility index (Phi) is 4.02. The summed E-state index contributed by atoms with van der Waals surface area (Å²) >= 11 is 5.81. The molecule has 19 heavy (non-hydrogen) atoms. The van der Waals surface area contributed by atoms with Gasteiger partial charge in [0.2, 0.25) is 0 Å². The molecule has 0 bridgehead atoms. The molecule has 0 fully saturated rings. The van der Waals surface area contributed by atoms with E-state index in [2.05, 4.69) is 5.32 Å². The van der Waals surface area contributed by atoms with E-state index in [4.69, 9.17) is 11.6 Å². The first kappa shape index (κ1) is 13.4. The fourth-order valence-electron chi connectivity index (χ4n) is 1.89. The van der Waals surface area contributed by atoms with Gasteiger partial charge in [0.25, 0.3) is 5.69 Å². The smallest absolute Gasteiger partial charge is 0.274 e. The number of anilines is 1.